The quantitative estimate of drug-likeness (QED) is 0.891. The lowest BCUT2D eigenvalue weighted by Gasteiger charge is -2.12. The number of fused-ring (bicyclic) bond motifs is 1. The van der Waals surface area contributed by atoms with Crippen molar-refractivity contribution < 1.29 is 8.42 Å². The van der Waals surface area contributed by atoms with Gasteiger partial charge in [-0.15, -0.1) is 11.3 Å². The van der Waals surface area contributed by atoms with Crippen LogP contribution in [0.25, 0.3) is 10.1 Å². The van der Waals surface area contributed by atoms with E-state index >= 15 is 0 Å². The SMILES string of the molecule is CC(CS(C)(=O)=O)NCCc1csc2ccccc12. The molecule has 1 N–H and O–H groups in total. The normalized spacial score (nSPS) is 13.8. The van der Waals surface area contributed by atoms with Crippen LogP contribution in [0.15, 0.2) is 29.6 Å². The second-order valence-electron chi connectivity index (χ2n) is 4.95. The van der Waals surface area contributed by atoms with Crippen molar-refractivity contribution in [2.24, 2.45) is 0 Å². The van der Waals surface area contributed by atoms with Crippen molar-refractivity contribution in [3.8, 4) is 0 Å². The molecule has 2 rings (SSSR count). The predicted molar refractivity (Wildman–Crippen MR) is 82.7 cm³/mol. The second kappa shape index (κ2) is 6.03. The van der Waals surface area contributed by atoms with Crippen molar-refractivity contribution in [3.63, 3.8) is 0 Å². The van der Waals surface area contributed by atoms with Crippen molar-refractivity contribution >= 4 is 31.3 Å². The summed E-state index contributed by atoms with van der Waals surface area (Å²) >= 11 is 1.76. The number of rotatable bonds is 6. The highest BCUT2D eigenvalue weighted by molar-refractivity contribution is 7.90. The molecular formula is C14H19NO2S2. The number of hydrogen-bond acceptors (Lipinski definition) is 4. The Bertz CT molecular complexity index is 646. The van der Waals surface area contributed by atoms with Gasteiger partial charge in [-0.05, 0) is 42.3 Å². The molecule has 0 spiro atoms. The van der Waals surface area contributed by atoms with Crippen LogP contribution in [0.5, 0.6) is 0 Å². The largest absolute Gasteiger partial charge is 0.313 e. The first-order chi connectivity index (χ1) is 8.96. The number of benzene rings is 1. The van der Waals surface area contributed by atoms with E-state index in [1.54, 1.807) is 11.3 Å². The van der Waals surface area contributed by atoms with Gasteiger partial charge < -0.3 is 5.32 Å². The molecule has 1 atom stereocenters. The fraction of sp³-hybridized carbons (Fsp3) is 0.429. The Morgan fingerprint density at radius 2 is 2.05 bits per heavy atom. The summed E-state index contributed by atoms with van der Waals surface area (Å²) in [6, 6.07) is 8.37. The third-order valence-electron chi connectivity index (χ3n) is 3.00. The number of hydrogen-bond donors (Lipinski definition) is 1. The number of sulfone groups is 1. The topological polar surface area (TPSA) is 46.2 Å². The first-order valence-electron chi connectivity index (χ1n) is 6.32. The third-order valence-corrected chi connectivity index (χ3v) is 5.12. The van der Waals surface area contributed by atoms with E-state index in [9.17, 15) is 8.42 Å². The molecule has 1 unspecified atom stereocenters. The molecule has 2 aromatic rings. The van der Waals surface area contributed by atoms with E-state index < -0.39 is 9.84 Å². The van der Waals surface area contributed by atoms with E-state index in [1.807, 2.05) is 6.92 Å². The summed E-state index contributed by atoms with van der Waals surface area (Å²) in [5, 5.41) is 6.77. The van der Waals surface area contributed by atoms with Crippen molar-refractivity contribution in [2.75, 3.05) is 18.6 Å². The Labute approximate surface area is 118 Å². The van der Waals surface area contributed by atoms with E-state index in [4.69, 9.17) is 0 Å². The molecule has 0 amide bonds. The molecule has 0 aliphatic rings. The molecule has 0 bridgehead atoms. The van der Waals surface area contributed by atoms with Gasteiger partial charge in [0.2, 0.25) is 0 Å². The van der Waals surface area contributed by atoms with Crippen LogP contribution in [-0.2, 0) is 16.3 Å². The highest BCUT2D eigenvalue weighted by Gasteiger charge is 2.10. The maximum absolute atomic E-state index is 11.2. The molecule has 3 nitrogen and oxygen atoms in total. The van der Waals surface area contributed by atoms with Gasteiger partial charge in [-0.3, -0.25) is 0 Å². The van der Waals surface area contributed by atoms with Crippen LogP contribution in [-0.4, -0.2) is 33.0 Å². The molecule has 104 valence electrons. The van der Waals surface area contributed by atoms with Gasteiger partial charge in [0, 0.05) is 17.0 Å². The molecule has 0 saturated carbocycles. The van der Waals surface area contributed by atoms with E-state index in [0.29, 0.717) is 0 Å². The second-order valence-corrected chi connectivity index (χ2v) is 8.05. The van der Waals surface area contributed by atoms with E-state index in [-0.39, 0.29) is 11.8 Å². The van der Waals surface area contributed by atoms with E-state index in [1.165, 1.54) is 21.9 Å². The fourth-order valence-corrected chi connectivity index (χ4v) is 4.22. The molecule has 1 aromatic carbocycles. The lowest BCUT2D eigenvalue weighted by Crippen LogP contribution is -2.34. The van der Waals surface area contributed by atoms with Gasteiger partial charge in [0.15, 0.2) is 0 Å². The number of thiophene rings is 1. The summed E-state index contributed by atoms with van der Waals surface area (Å²) in [6.45, 7) is 2.71. The molecule has 19 heavy (non-hydrogen) atoms. The maximum Gasteiger partial charge on any atom is 0.148 e. The Morgan fingerprint density at radius 1 is 1.32 bits per heavy atom. The summed E-state index contributed by atoms with van der Waals surface area (Å²) in [7, 11) is -2.90. The summed E-state index contributed by atoms with van der Waals surface area (Å²) in [5.74, 6) is 0.192. The van der Waals surface area contributed by atoms with Crippen molar-refractivity contribution in [1.82, 2.24) is 5.32 Å². The highest BCUT2D eigenvalue weighted by Crippen LogP contribution is 2.25. The Balaban J connectivity index is 1.89. The first-order valence-corrected chi connectivity index (χ1v) is 9.26. The maximum atomic E-state index is 11.2. The minimum absolute atomic E-state index is 0.0000927. The zero-order valence-electron chi connectivity index (χ0n) is 11.2. The molecular weight excluding hydrogens is 278 g/mol. The summed E-state index contributed by atoms with van der Waals surface area (Å²) in [4.78, 5) is 0. The zero-order chi connectivity index (χ0) is 13.9. The van der Waals surface area contributed by atoms with Gasteiger partial charge in [-0.1, -0.05) is 18.2 Å². The smallest absolute Gasteiger partial charge is 0.148 e. The molecule has 1 aromatic heterocycles. The zero-order valence-corrected chi connectivity index (χ0v) is 12.9. The average molecular weight is 297 g/mol. The minimum atomic E-state index is -2.90. The van der Waals surface area contributed by atoms with Crippen molar-refractivity contribution in [1.29, 1.82) is 0 Å². The lowest BCUT2D eigenvalue weighted by atomic mass is 10.1. The van der Waals surface area contributed by atoms with Gasteiger partial charge in [0.05, 0.1) is 5.75 Å². The highest BCUT2D eigenvalue weighted by atomic mass is 32.2. The van der Waals surface area contributed by atoms with Gasteiger partial charge in [0.25, 0.3) is 0 Å². The van der Waals surface area contributed by atoms with Gasteiger partial charge in [0.1, 0.15) is 9.84 Å². The van der Waals surface area contributed by atoms with Crippen LogP contribution in [0.1, 0.15) is 12.5 Å². The summed E-state index contributed by atoms with van der Waals surface area (Å²) in [5.41, 5.74) is 1.33. The van der Waals surface area contributed by atoms with E-state index in [2.05, 4.69) is 35.0 Å². The lowest BCUT2D eigenvalue weighted by molar-refractivity contribution is 0.562. The summed E-state index contributed by atoms with van der Waals surface area (Å²) in [6.07, 6.45) is 2.20. The van der Waals surface area contributed by atoms with Gasteiger partial charge >= 0.3 is 0 Å². The Hall–Kier alpha value is -0.910. The summed E-state index contributed by atoms with van der Waals surface area (Å²) < 4.78 is 23.6. The van der Waals surface area contributed by atoms with Crippen LogP contribution in [0.3, 0.4) is 0 Å². The first kappa shape index (κ1) is 14.5. The van der Waals surface area contributed by atoms with Crippen molar-refractivity contribution in [2.45, 2.75) is 19.4 Å². The monoisotopic (exact) mass is 297 g/mol. The predicted octanol–water partition coefficient (Wildman–Crippen LogP) is 2.47. The van der Waals surface area contributed by atoms with Crippen LogP contribution in [0.2, 0.25) is 0 Å². The van der Waals surface area contributed by atoms with Gasteiger partial charge in [-0.2, -0.15) is 0 Å². The molecule has 0 saturated heterocycles. The standard InChI is InChI=1S/C14H19NO2S2/c1-11(10-19(2,16)17)15-8-7-12-9-18-14-6-4-3-5-13(12)14/h3-6,9,11,15H,7-8,10H2,1-2H3. The minimum Gasteiger partial charge on any atom is -0.313 e. The molecule has 0 fully saturated rings. The Kier molecular flexibility index (Phi) is 4.60. The molecule has 0 aliphatic carbocycles. The molecule has 0 radical (unpaired) electrons. The average Bonchev–Trinajstić information content (AvgIpc) is 2.70. The third kappa shape index (κ3) is 4.30. The van der Waals surface area contributed by atoms with Crippen LogP contribution in [0, 0.1) is 0 Å². The molecule has 0 aliphatic heterocycles. The molecule has 1 heterocycles. The van der Waals surface area contributed by atoms with Crippen LogP contribution < -0.4 is 5.32 Å². The van der Waals surface area contributed by atoms with Crippen LogP contribution >= 0.6 is 11.3 Å². The van der Waals surface area contributed by atoms with Crippen LogP contribution in [0.4, 0.5) is 0 Å². The van der Waals surface area contributed by atoms with Gasteiger partial charge in [-0.25, -0.2) is 8.42 Å². The van der Waals surface area contributed by atoms with E-state index in [0.717, 1.165) is 13.0 Å². The Morgan fingerprint density at radius 3 is 2.79 bits per heavy atom. The fourth-order valence-electron chi connectivity index (χ4n) is 2.19. The number of nitrogens with one attached hydrogen (secondary N) is 1. The molecule has 5 heteroatoms. The van der Waals surface area contributed by atoms with Crippen molar-refractivity contribution in [3.05, 3.63) is 35.2 Å².